The van der Waals surface area contributed by atoms with Crippen LogP contribution in [0.2, 0.25) is 0 Å². The molecule has 4 rings (SSSR count). The Bertz CT molecular complexity index is 1220. The fourth-order valence-electron chi connectivity index (χ4n) is 3.35. The quantitative estimate of drug-likeness (QED) is 0.309. The molecule has 0 amide bonds. The van der Waals surface area contributed by atoms with Crippen LogP contribution in [0.15, 0.2) is 86.2 Å². The van der Waals surface area contributed by atoms with Gasteiger partial charge in [-0.25, -0.2) is 0 Å². The molecule has 0 bridgehead atoms. The van der Waals surface area contributed by atoms with Crippen molar-refractivity contribution in [2.24, 2.45) is 0 Å². The summed E-state index contributed by atoms with van der Waals surface area (Å²) in [5.41, 5.74) is 3.98. The first-order valence-corrected chi connectivity index (χ1v) is 10.5. The van der Waals surface area contributed by atoms with E-state index in [4.69, 9.17) is 4.42 Å². The third-order valence-corrected chi connectivity index (χ3v) is 5.65. The summed E-state index contributed by atoms with van der Waals surface area (Å²) < 4.78 is 8.23. The summed E-state index contributed by atoms with van der Waals surface area (Å²) in [4.78, 5) is 0. The lowest BCUT2D eigenvalue weighted by Crippen LogP contribution is -1.89. The molecule has 0 atom stereocenters. The highest BCUT2D eigenvalue weighted by molar-refractivity contribution is 9.10. The number of nitriles is 1. The van der Waals surface area contributed by atoms with E-state index in [9.17, 15) is 10.4 Å². The molecule has 5 heteroatoms. The fourth-order valence-corrected chi connectivity index (χ4v) is 4.02. The minimum Gasteiger partial charge on any atom is -0.507 e. The van der Waals surface area contributed by atoms with Crippen molar-refractivity contribution in [3.05, 3.63) is 87.3 Å². The van der Waals surface area contributed by atoms with Crippen molar-refractivity contribution in [1.82, 2.24) is 0 Å². The lowest BCUT2D eigenvalue weighted by molar-refractivity contribution is 0.474. The molecule has 3 aromatic carbocycles. The second kappa shape index (κ2) is 8.28. The van der Waals surface area contributed by atoms with Crippen LogP contribution >= 0.6 is 31.9 Å². The van der Waals surface area contributed by atoms with Crippen LogP contribution in [-0.4, -0.2) is 5.11 Å². The molecular formula is C24H15Br2NO2. The highest BCUT2D eigenvalue weighted by atomic mass is 79.9. The average molecular weight is 509 g/mol. The van der Waals surface area contributed by atoms with E-state index in [1.165, 1.54) is 0 Å². The Morgan fingerprint density at radius 3 is 2.28 bits per heavy atom. The van der Waals surface area contributed by atoms with Crippen LogP contribution in [0.25, 0.3) is 33.8 Å². The van der Waals surface area contributed by atoms with Crippen LogP contribution in [0, 0.1) is 11.3 Å². The van der Waals surface area contributed by atoms with Crippen molar-refractivity contribution in [3.8, 4) is 45.6 Å². The summed E-state index contributed by atoms with van der Waals surface area (Å²) in [6.07, 6.45) is 0.185. The van der Waals surface area contributed by atoms with Gasteiger partial charge in [-0.2, -0.15) is 5.26 Å². The van der Waals surface area contributed by atoms with E-state index in [0.29, 0.717) is 17.1 Å². The molecule has 0 saturated heterocycles. The van der Waals surface area contributed by atoms with Gasteiger partial charge in [-0.3, -0.25) is 0 Å². The number of phenolic OH excluding ortho intramolecular Hbond substituents is 1. The van der Waals surface area contributed by atoms with E-state index in [2.05, 4.69) is 37.9 Å². The maximum Gasteiger partial charge on any atom is 0.146 e. The Morgan fingerprint density at radius 1 is 0.828 bits per heavy atom. The standard InChI is InChI=1S/C24H15Br2NO2/c25-17-10-8-15(9-11-17)23-20(12-13-27)22(16-4-3-5-18(26)14-16)24(29-23)19-6-1-2-7-21(19)28/h1-11,14,28H,12H2. The molecule has 1 aromatic heterocycles. The Morgan fingerprint density at radius 2 is 1.59 bits per heavy atom. The van der Waals surface area contributed by atoms with Crippen LogP contribution in [0.3, 0.4) is 0 Å². The van der Waals surface area contributed by atoms with Gasteiger partial charge in [-0.05, 0) is 42.0 Å². The van der Waals surface area contributed by atoms with Gasteiger partial charge in [0.05, 0.1) is 18.1 Å². The zero-order valence-corrected chi connectivity index (χ0v) is 18.4. The van der Waals surface area contributed by atoms with Gasteiger partial charge in [0.25, 0.3) is 0 Å². The van der Waals surface area contributed by atoms with E-state index < -0.39 is 0 Å². The summed E-state index contributed by atoms with van der Waals surface area (Å²) in [5.74, 6) is 1.31. The number of nitrogens with zero attached hydrogens (tertiary/aromatic N) is 1. The molecule has 1 heterocycles. The third kappa shape index (κ3) is 3.87. The molecule has 142 valence electrons. The van der Waals surface area contributed by atoms with Crippen LogP contribution in [-0.2, 0) is 6.42 Å². The van der Waals surface area contributed by atoms with E-state index in [0.717, 1.165) is 31.2 Å². The molecule has 0 fully saturated rings. The largest absolute Gasteiger partial charge is 0.507 e. The average Bonchev–Trinajstić information content (AvgIpc) is 3.08. The van der Waals surface area contributed by atoms with Gasteiger partial charge in [-0.1, -0.05) is 68.3 Å². The van der Waals surface area contributed by atoms with Gasteiger partial charge in [0.1, 0.15) is 17.3 Å². The highest BCUT2D eigenvalue weighted by Crippen LogP contribution is 2.46. The first-order valence-electron chi connectivity index (χ1n) is 8.91. The van der Waals surface area contributed by atoms with Gasteiger partial charge >= 0.3 is 0 Å². The molecule has 0 aliphatic rings. The molecule has 0 saturated carbocycles. The van der Waals surface area contributed by atoms with Crippen molar-refractivity contribution in [2.75, 3.05) is 0 Å². The predicted molar refractivity (Wildman–Crippen MR) is 121 cm³/mol. The second-order valence-corrected chi connectivity index (χ2v) is 8.31. The van der Waals surface area contributed by atoms with Crippen LogP contribution < -0.4 is 0 Å². The first kappa shape index (κ1) is 19.5. The molecule has 0 radical (unpaired) electrons. The summed E-state index contributed by atoms with van der Waals surface area (Å²) in [7, 11) is 0. The Kier molecular flexibility index (Phi) is 5.57. The molecule has 3 nitrogen and oxygen atoms in total. The minimum absolute atomic E-state index is 0.128. The van der Waals surface area contributed by atoms with E-state index >= 15 is 0 Å². The third-order valence-electron chi connectivity index (χ3n) is 4.63. The summed E-state index contributed by atoms with van der Waals surface area (Å²) >= 11 is 6.98. The topological polar surface area (TPSA) is 57.2 Å². The van der Waals surface area contributed by atoms with Crippen LogP contribution in [0.4, 0.5) is 0 Å². The lowest BCUT2D eigenvalue weighted by atomic mass is 9.94. The summed E-state index contributed by atoms with van der Waals surface area (Å²) in [6.45, 7) is 0. The molecule has 4 aromatic rings. The van der Waals surface area contributed by atoms with Crippen molar-refractivity contribution in [2.45, 2.75) is 6.42 Å². The molecule has 0 unspecified atom stereocenters. The van der Waals surface area contributed by atoms with Gasteiger partial charge in [-0.15, -0.1) is 0 Å². The maximum atomic E-state index is 10.5. The molecule has 0 spiro atoms. The highest BCUT2D eigenvalue weighted by Gasteiger charge is 2.25. The fraction of sp³-hybridized carbons (Fsp3) is 0.0417. The normalized spacial score (nSPS) is 10.7. The zero-order valence-electron chi connectivity index (χ0n) is 15.2. The van der Waals surface area contributed by atoms with E-state index in [1.54, 1.807) is 12.1 Å². The van der Waals surface area contributed by atoms with Gasteiger partial charge in [0.2, 0.25) is 0 Å². The van der Waals surface area contributed by atoms with Crippen molar-refractivity contribution in [1.29, 1.82) is 5.26 Å². The first-order chi connectivity index (χ1) is 14.1. The number of furan rings is 1. The van der Waals surface area contributed by atoms with Crippen molar-refractivity contribution < 1.29 is 9.52 Å². The van der Waals surface area contributed by atoms with Crippen molar-refractivity contribution in [3.63, 3.8) is 0 Å². The Labute approximate surface area is 185 Å². The van der Waals surface area contributed by atoms with E-state index in [-0.39, 0.29) is 12.2 Å². The predicted octanol–water partition coefficient (Wildman–Crippen LogP) is 7.58. The number of rotatable bonds is 4. The molecule has 29 heavy (non-hydrogen) atoms. The Hall–Kier alpha value is -2.81. The van der Waals surface area contributed by atoms with E-state index in [1.807, 2.05) is 60.7 Å². The number of benzene rings is 3. The number of hydrogen-bond donors (Lipinski definition) is 1. The molecule has 0 aliphatic carbocycles. The number of phenols is 1. The molecule has 0 aliphatic heterocycles. The smallest absolute Gasteiger partial charge is 0.146 e. The monoisotopic (exact) mass is 507 g/mol. The molecule has 1 N–H and O–H groups in total. The lowest BCUT2D eigenvalue weighted by Gasteiger charge is -2.07. The SMILES string of the molecule is N#CCc1c(-c2ccc(Br)cc2)oc(-c2ccccc2O)c1-c1cccc(Br)c1. The van der Waals surface area contributed by atoms with Gasteiger partial charge in [0.15, 0.2) is 0 Å². The van der Waals surface area contributed by atoms with Crippen LogP contribution in [0.1, 0.15) is 5.56 Å². The molecular weight excluding hydrogens is 494 g/mol. The number of hydrogen-bond acceptors (Lipinski definition) is 3. The summed E-state index contributed by atoms with van der Waals surface area (Å²) in [5, 5.41) is 20.0. The minimum atomic E-state index is 0.128. The number of para-hydroxylation sites is 1. The maximum absolute atomic E-state index is 10.5. The van der Waals surface area contributed by atoms with Crippen LogP contribution in [0.5, 0.6) is 5.75 Å². The number of halogens is 2. The Balaban J connectivity index is 2.06. The summed E-state index contributed by atoms with van der Waals surface area (Å²) in [6, 6.07) is 25.0. The zero-order chi connectivity index (χ0) is 20.4. The van der Waals surface area contributed by atoms with Gasteiger partial charge < -0.3 is 9.52 Å². The second-order valence-electron chi connectivity index (χ2n) is 6.48. The van der Waals surface area contributed by atoms with Crippen molar-refractivity contribution >= 4 is 31.9 Å². The van der Waals surface area contributed by atoms with Gasteiger partial charge in [0, 0.05) is 25.6 Å². The number of aromatic hydroxyl groups is 1.